The van der Waals surface area contributed by atoms with Gasteiger partial charge in [0.2, 0.25) is 10.0 Å². The monoisotopic (exact) mass is 457 g/mol. The van der Waals surface area contributed by atoms with Crippen LogP contribution in [0.1, 0.15) is 54.7 Å². The van der Waals surface area contributed by atoms with E-state index in [-0.39, 0.29) is 22.5 Å². The fourth-order valence-electron chi connectivity index (χ4n) is 3.54. The van der Waals surface area contributed by atoms with E-state index < -0.39 is 10.0 Å². The van der Waals surface area contributed by atoms with Crippen LogP contribution in [0.15, 0.2) is 35.4 Å². The highest BCUT2D eigenvalue weighted by atomic mass is 32.2. The topological polar surface area (TPSA) is 106 Å². The van der Waals surface area contributed by atoms with Crippen molar-refractivity contribution in [3.8, 4) is 5.75 Å². The number of pyridine rings is 1. The molecule has 9 nitrogen and oxygen atoms in total. The molecule has 1 fully saturated rings. The Balaban J connectivity index is 1.78. The molecule has 1 aromatic carbocycles. The zero-order chi connectivity index (χ0) is 23.2. The Morgan fingerprint density at radius 1 is 1.25 bits per heavy atom. The van der Waals surface area contributed by atoms with Crippen LogP contribution in [0.3, 0.4) is 0 Å². The lowest BCUT2D eigenvalue weighted by molar-refractivity contribution is 0.102. The van der Waals surface area contributed by atoms with Crippen molar-refractivity contribution in [3.63, 3.8) is 0 Å². The summed E-state index contributed by atoms with van der Waals surface area (Å²) in [4.78, 5) is 18.2. The maximum absolute atomic E-state index is 13.4. The molecular weight excluding hydrogens is 430 g/mol. The molecule has 0 radical (unpaired) electrons. The van der Waals surface area contributed by atoms with Crippen molar-refractivity contribution in [2.24, 2.45) is 0 Å². The zero-order valence-electron chi connectivity index (χ0n) is 18.8. The number of ether oxygens (including phenoxy) is 1. The Morgan fingerprint density at radius 3 is 2.56 bits per heavy atom. The Bertz CT molecular complexity index is 1290. The van der Waals surface area contributed by atoms with E-state index in [1.165, 1.54) is 39.4 Å². The molecule has 0 unspecified atom stereocenters. The summed E-state index contributed by atoms with van der Waals surface area (Å²) in [5.41, 5.74) is 2.27. The molecule has 10 heteroatoms. The third-order valence-corrected chi connectivity index (χ3v) is 7.32. The van der Waals surface area contributed by atoms with Gasteiger partial charge in [-0.15, -0.1) is 0 Å². The van der Waals surface area contributed by atoms with Crippen LogP contribution in [0.4, 0.5) is 5.69 Å². The molecule has 2 heterocycles. The molecule has 4 rings (SSSR count). The van der Waals surface area contributed by atoms with Crippen molar-refractivity contribution in [2.75, 3.05) is 26.5 Å². The fourth-order valence-corrected chi connectivity index (χ4v) is 4.47. The minimum absolute atomic E-state index is 0.0600. The van der Waals surface area contributed by atoms with E-state index in [0.29, 0.717) is 28.3 Å². The van der Waals surface area contributed by atoms with Gasteiger partial charge >= 0.3 is 0 Å². The van der Waals surface area contributed by atoms with Gasteiger partial charge in [-0.05, 0) is 51.0 Å². The summed E-state index contributed by atoms with van der Waals surface area (Å²) < 4.78 is 33.4. The van der Waals surface area contributed by atoms with Crippen LogP contribution in [0.2, 0.25) is 0 Å². The number of nitrogens with zero attached hydrogens (tertiary/aromatic N) is 4. The minimum atomic E-state index is -3.67. The first-order chi connectivity index (χ1) is 15.1. The normalized spacial score (nSPS) is 14.3. The predicted molar refractivity (Wildman–Crippen MR) is 122 cm³/mol. The number of rotatable bonds is 7. The minimum Gasteiger partial charge on any atom is -0.495 e. The second kappa shape index (κ2) is 8.18. The number of carbonyl (C=O) groups is 1. The summed E-state index contributed by atoms with van der Waals surface area (Å²) >= 11 is 0. The number of hydrogen-bond acceptors (Lipinski definition) is 6. The molecule has 1 aliphatic carbocycles. The first kappa shape index (κ1) is 22.2. The summed E-state index contributed by atoms with van der Waals surface area (Å²) in [6, 6.07) is 6.30. The number of methoxy groups -OCH3 is 1. The van der Waals surface area contributed by atoms with Crippen LogP contribution >= 0.6 is 0 Å². The number of aromatic nitrogens is 3. The lowest BCUT2D eigenvalue weighted by Gasteiger charge is -2.15. The molecule has 0 spiro atoms. The van der Waals surface area contributed by atoms with Crippen LogP contribution < -0.4 is 10.1 Å². The molecule has 1 aliphatic rings. The number of carbonyl (C=O) groups excluding carboxylic acids is 1. The molecule has 32 heavy (non-hydrogen) atoms. The van der Waals surface area contributed by atoms with Crippen LogP contribution in [0.5, 0.6) is 5.75 Å². The molecule has 1 saturated carbocycles. The number of hydrogen-bond donors (Lipinski definition) is 1. The summed E-state index contributed by atoms with van der Waals surface area (Å²) in [6.45, 7) is 4.03. The quantitative estimate of drug-likeness (QED) is 0.583. The third kappa shape index (κ3) is 3.95. The van der Waals surface area contributed by atoms with E-state index in [0.717, 1.165) is 22.8 Å². The second-order valence-corrected chi connectivity index (χ2v) is 10.5. The summed E-state index contributed by atoms with van der Waals surface area (Å²) in [5.74, 6) is 0.339. The van der Waals surface area contributed by atoms with Gasteiger partial charge in [0, 0.05) is 31.7 Å². The largest absolute Gasteiger partial charge is 0.495 e. The van der Waals surface area contributed by atoms with E-state index in [2.05, 4.69) is 10.4 Å². The third-order valence-electron chi connectivity index (χ3n) is 5.51. The Labute approximate surface area is 187 Å². The van der Waals surface area contributed by atoms with Gasteiger partial charge in [-0.2, -0.15) is 5.10 Å². The van der Waals surface area contributed by atoms with E-state index in [4.69, 9.17) is 9.72 Å². The van der Waals surface area contributed by atoms with E-state index in [1.54, 1.807) is 6.20 Å². The van der Waals surface area contributed by atoms with Gasteiger partial charge in [0.1, 0.15) is 5.75 Å². The van der Waals surface area contributed by atoms with Crippen molar-refractivity contribution < 1.29 is 17.9 Å². The number of anilines is 1. The molecule has 3 aromatic rings. The van der Waals surface area contributed by atoms with Gasteiger partial charge < -0.3 is 10.1 Å². The van der Waals surface area contributed by atoms with E-state index >= 15 is 0 Å². The van der Waals surface area contributed by atoms with E-state index in [1.807, 2.05) is 24.6 Å². The van der Waals surface area contributed by atoms with Crippen LogP contribution in [0.25, 0.3) is 11.0 Å². The fraction of sp³-hybridized carbons (Fsp3) is 0.409. The van der Waals surface area contributed by atoms with Crippen molar-refractivity contribution in [3.05, 3.63) is 41.7 Å². The van der Waals surface area contributed by atoms with Crippen molar-refractivity contribution >= 4 is 32.7 Å². The lowest BCUT2D eigenvalue weighted by Crippen LogP contribution is -2.22. The zero-order valence-corrected chi connectivity index (χ0v) is 19.6. The van der Waals surface area contributed by atoms with Crippen LogP contribution in [-0.2, 0) is 10.0 Å². The van der Waals surface area contributed by atoms with Crippen molar-refractivity contribution in [1.82, 2.24) is 19.1 Å². The Hall–Kier alpha value is -2.98. The van der Waals surface area contributed by atoms with Crippen LogP contribution in [-0.4, -0.2) is 54.6 Å². The maximum atomic E-state index is 13.4. The second-order valence-electron chi connectivity index (χ2n) is 8.39. The maximum Gasteiger partial charge on any atom is 0.256 e. The van der Waals surface area contributed by atoms with Gasteiger partial charge in [0.25, 0.3) is 5.91 Å². The SMILES string of the molecule is COc1ccc(S(=O)(=O)N(C)C)cc1NC(=O)c1cc(C2CC2)nc2c1cnn2C(C)C. The van der Waals surface area contributed by atoms with Gasteiger partial charge in [-0.25, -0.2) is 22.4 Å². The Kier molecular flexibility index (Phi) is 5.68. The number of fused-ring (bicyclic) bond motifs is 1. The number of sulfonamides is 1. The molecule has 0 bridgehead atoms. The highest BCUT2D eigenvalue weighted by molar-refractivity contribution is 7.89. The predicted octanol–water partition coefficient (Wildman–Crippen LogP) is 3.40. The number of nitrogens with one attached hydrogen (secondary N) is 1. The molecule has 0 aliphatic heterocycles. The average Bonchev–Trinajstić information content (AvgIpc) is 3.51. The lowest BCUT2D eigenvalue weighted by atomic mass is 10.1. The highest BCUT2D eigenvalue weighted by Crippen LogP contribution is 2.40. The first-order valence-corrected chi connectivity index (χ1v) is 11.9. The molecule has 2 aromatic heterocycles. The summed E-state index contributed by atoms with van der Waals surface area (Å²) in [7, 11) is 0.705. The van der Waals surface area contributed by atoms with Crippen molar-refractivity contribution in [2.45, 2.75) is 43.5 Å². The first-order valence-electron chi connectivity index (χ1n) is 10.4. The van der Waals surface area contributed by atoms with Gasteiger partial charge in [0.05, 0.1) is 34.8 Å². The molecule has 1 N–H and O–H groups in total. The summed E-state index contributed by atoms with van der Waals surface area (Å²) in [6.07, 6.45) is 3.75. The number of amides is 1. The number of benzene rings is 1. The van der Waals surface area contributed by atoms with Gasteiger partial charge in [0.15, 0.2) is 5.65 Å². The van der Waals surface area contributed by atoms with E-state index in [9.17, 15) is 13.2 Å². The van der Waals surface area contributed by atoms with Crippen LogP contribution in [0, 0.1) is 0 Å². The molecule has 0 atom stereocenters. The Morgan fingerprint density at radius 2 is 1.97 bits per heavy atom. The summed E-state index contributed by atoms with van der Waals surface area (Å²) in [5, 5.41) is 7.91. The highest BCUT2D eigenvalue weighted by Gasteiger charge is 2.28. The molecular formula is C22H27N5O4S. The molecule has 170 valence electrons. The van der Waals surface area contributed by atoms with Gasteiger partial charge in [-0.3, -0.25) is 4.79 Å². The van der Waals surface area contributed by atoms with Crippen molar-refractivity contribution in [1.29, 1.82) is 0 Å². The smallest absolute Gasteiger partial charge is 0.256 e. The molecule has 0 saturated heterocycles. The van der Waals surface area contributed by atoms with Gasteiger partial charge in [-0.1, -0.05) is 0 Å². The standard InChI is InChI=1S/C22H27N5O4S/c1-13(2)27-21-17(12-23-27)16(11-18(24-21)14-6-7-14)22(28)25-19-10-15(8-9-20(19)31-5)32(29,30)26(3)4/h8-14H,6-7H2,1-5H3,(H,25,28). The molecule has 1 amide bonds. The average molecular weight is 458 g/mol.